The van der Waals surface area contributed by atoms with Crippen LogP contribution in [-0.2, 0) is 0 Å². The fraction of sp³-hybridized carbons (Fsp3) is 1.00. The lowest BCUT2D eigenvalue weighted by Gasteiger charge is -2.39. The van der Waals surface area contributed by atoms with E-state index in [1.165, 1.54) is 32.7 Å². The lowest BCUT2D eigenvalue weighted by Crippen LogP contribution is -2.60. The van der Waals surface area contributed by atoms with Gasteiger partial charge in [-0.25, -0.2) is 0 Å². The third-order valence-electron chi connectivity index (χ3n) is 5.25. The van der Waals surface area contributed by atoms with Crippen molar-refractivity contribution in [3.8, 4) is 0 Å². The van der Waals surface area contributed by atoms with Gasteiger partial charge in [0, 0.05) is 98.2 Å². The first-order valence-electron chi connectivity index (χ1n) is 9.46. The molecule has 7 heteroatoms. The second kappa shape index (κ2) is 9.88. The summed E-state index contributed by atoms with van der Waals surface area (Å²) in [5.41, 5.74) is 0. The third kappa shape index (κ3) is 5.94. The zero-order chi connectivity index (χ0) is 15.7. The van der Waals surface area contributed by atoms with Crippen LogP contribution in [0.3, 0.4) is 0 Å². The molecule has 0 bridgehead atoms. The summed E-state index contributed by atoms with van der Waals surface area (Å²) in [5, 5.41) is 14.2. The lowest BCUT2D eigenvalue weighted by molar-refractivity contribution is 0.0929. The highest BCUT2D eigenvalue weighted by Crippen LogP contribution is 2.03. The van der Waals surface area contributed by atoms with Crippen LogP contribution < -0.4 is 21.3 Å². The minimum Gasteiger partial charge on any atom is -0.314 e. The van der Waals surface area contributed by atoms with Crippen LogP contribution in [0, 0.1) is 0 Å². The molecule has 7 nitrogen and oxygen atoms in total. The topological polar surface area (TPSA) is 57.8 Å². The fourth-order valence-electron chi connectivity index (χ4n) is 3.77. The Kier molecular flexibility index (Phi) is 7.54. The van der Waals surface area contributed by atoms with Gasteiger partial charge in [-0.1, -0.05) is 0 Å². The molecule has 0 spiro atoms. The number of rotatable bonds is 7. The Hall–Kier alpha value is -0.280. The van der Waals surface area contributed by atoms with Gasteiger partial charge < -0.3 is 16.0 Å². The maximum absolute atomic E-state index is 3.86. The van der Waals surface area contributed by atoms with Crippen molar-refractivity contribution in [2.75, 3.05) is 98.2 Å². The summed E-state index contributed by atoms with van der Waals surface area (Å²) >= 11 is 0. The molecule has 4 N–H and O–H groups in total. The summed E-state index contributed by atoms with van der Waals surface area (Å²) in [6.45, 7) is 17.3. The quantitative estimate of drug-likeness (QED) is 0.417. The van der Waals surface area contributed by atoms with Crippen LogP contribution in [-0.4, -0.2) is 119 Å². The van der Waals surface area contributed by atoms with Gasteiger partial charge in [0.15, 0.2) is 0 Å². The molecule has 0 aromatic rings. The van der Waals surface area contributed by atoms with Crippen LogP contribution in [0.25, 0.3) is 0 Å². The normalized spacial score (nSPS) is 27.1. The van der Waals surface area contributed by atoms with Crippen LogP contribution in [0.1, 0.15) is 0 Å². The van der Waals surface area contributed by atoms with Gasteiger partial charge in [-0.3, -0.25) is 20.0 Å². The van der Waals surface area contributed by atoms with Gasteiger partial charge in [0.1, 0.15) is 0 Å². The molecular formula is C16H35N7. The third-order valence-corrected chi connectivity index (χ3v) is 5.25. The molecule has 3 rings (SSSR count). The van der Waals surface area contributed by atoms with Gasteiger partial charge in [0.25, 0.3) is 0 Å². The zero-order valence-electron chi connectivity index (χ0n) is 14.5. The molecule has 0 radical (unpaired) electrons. The maximum atomic E-state index is 3.86. The van der Waals surface area contributed by atoms with Crippen LogP contribution >= 0.6 is 0 Å². The van der Waals surface area contributed by atoms with Gasteiger partial charge in [-0.2, -0.15) is 0 Å². The van der Waals surface area contributed by atoms with Crippen molar-refractivity contribution < 1.29 is 0 Å². The van der Waals surface area contributed by atoms with Crippen molar-refractivity contribution in [2.24, 2.45) is 0 Å². The summed E-state index contributed by atoms with van der Waals surface area (Å²) < 4.78 is 0. The minimum absolute atomic E-state index is 0.498. The number of piperazine rings is 3. The summed E-state index contributed by atoms with van der Waals surface area (Å²) in [7, 11) is 0. The second-order valence-electron chi connectivity index (χ2n) is 6.90. The van der Waals surface area contributed by atoms with Crippen LogP contribution in [0.2, 0.25) is 0 Å². The largest absolute Gasteiger partial charge is 0.314 e. The Morgan fingerprint density at radius 1 is 0.696 bits per heavy atom. The molecular weight excluding hydrogens is 290 g/mol. The van der Waals surface area contributed by atoms with E-state index in [0.717, 1.165) is 65.4 Å². The predicted octanol–water partition coefficient (Wildman–Crippen LogP) is -2.38. The molecule has 134 valence electrons. The van der Waals surface area contributed by atoms with E-state index in [0.29, 0.717) is 6.17 Å². The number of nitrogens with zero attached hydrogens (tertiary/aromatic N) is 3. The smallest absolute Gasteiger partial charge is 0.0729 e. The highest BCUT2D eigenvalue weighted by atomic mass is 15.3. The van der Waals surface area contributed by atoms with Crippen LogP contribution in [0.15, 0.2) is 0 Å². The van der Waals surface area contributed by atoms with Crippen LogP contribution in [0.4, 0.5) is 0 Å². The predicted molar refractivity (Wildman–Crippen MR) is 94.9 cm³/mol. The molecule has 3 aliphatic rings. The van der Waals surface area contributed by atoms with E-state index in [2.05, 4.69) is 36.0 Å². The number of hydrogen-bond acceptors (Lipinski definition) is 7. The standard InChI is InChI=1S/C16H35N7/c1-8-21(9-2-17-1)12-7-20-16(23-13-5-19-6-14-23)15-22-10-3-18-4-11-22/h16-20H,1-15H2. The van der Waals surface area contributed by atoms with E-state index in [-0.39, 0.29) is 0 Å². The van der Waals surface area contributed by atoms with E-state index in [1.807, 2.05) is 0 Å². The summed E-state index contributed by atoms with van der Waals surface area (Å²) in [4.78, 5) is 7.82. The average molecular weight is 326 g/mol. The first-order chi connectivity index (χ1) is 11.4. The van der Waals surface area contributed by atoms with Crippen molar-refractivity contribution in [1.29, 1.82) is 0 Å². The Morgan fingerprint density at radius 2 is 1.22 bits per heavy atom. The van der Waals surface area contributed by atoms with Crippen molar-refractivity contribution in [2.45, 2.75) is 6.17 Å². The summed E-state index contributed by atoms with van der Waals surface area (Å²) in [5.74, 6) is 0. The van der Waals surface area contributed by atoms with E-state index in [9.17, 15) is 0 Å². The first-order valence-corrected chi connectivity index (χ1v) is 9.46. The molecule has 3 aliphatic heterocycles. The minimum atomic E-state index is 0.498. The van der Waals surface area contributed by atoms with E-state index < -0.39 is 0 Å². The van der Waals surface area contributed by atoms with Crippen molar-refractivity contribution >= 4 is 0 Å². The van der Waals surface area contributed by atoms with Gasteiger partial charge >= 0.3 is 0 Å². The van der Waals surface area contributed by atoms with Gasteiger partial charge in [0.2, 0.25) is 0 Å². The molecule has 3 saturated heterocycles. The molecule has 0 aromatic heterocycles. The SMILES string of the molecule is C1CN(CCNC(CN2CCNCC2)N2CCNCC2)CCN1. The van der Waals surface area contributed by atoms with Gasteiger partial charge in [0.05, 0.1) is 6.17 Å². The van der Waals surface area contributed by atoms with Crippen molar-refractivity contribution in [3.63, 3.8) is 0 Å². The maximum Gasteiger partial charge on any atom is 0.0729 e. The molecule has 23 heavy (non-hydrogen) atoms. The van der Waals surface area contributed by atoms with E-state index >= 15 is 0 Å². The second-order valence-corrected chi connectivity index (χ2v) is 6.90. The summed E-state index contributed by atoms with van der Waals surface area (Å²) in [6, 6.07) is 0. The average Bonchev–Trinajstić information content (AvgIpc) is 2.63. The van der Waals surface area contributed by atoms with Crippen molar-refractivity contribution in [3.05, 3.63) is 0 Å². The molecule has 3 heterocycles. The molecule has 0 aliphatic carbocycles. The highest BCUT2D eigenvalue weighted by molar-refractivity contribution is 4.81. The Morgan fingerprint density at radius 3 is 1.83 bits per heavy atom. The van der Waals surface area contributed by atoms with E-state index in [1.54, 1.807) is 0 Å². The Labute approximate surface area is 141 Å². The fourth-order valence-corrected chi connectivity index (χ4v) is 3.77. The molecule has 0 aromatic carbocycles. The molecule has 0 amide bonds. The lowest BCUT2D eigenvalue weighted by atomic mass is 10.2. The molecule has 3 fully saturated rings. The van der Waals surface area contributed by atoms with Crippen molar-refractivity contribution in [1.82, 2.24) is 36.0 Å². The summed E-state index contributed by atoms with van der Waals surface area (Å²) in [6.07, 6.45) is 0.498. The van der Waals surface area contributed by atoms with Gasteiger partial charge in [-0.15, -0.1) is 0 Å². The highest BCUT2D eigenvalue weighted by Gasteiger charge is 2.23. The van der Waals surface area contributed by atoms with Gasteiger partial charge in [-0.05, 0) is 0 Å². The number of nitrogens with one attached hydrogen (secondary N) is 4. The Balaban J connectivity index is 1.44. The number of hydrogen-bond donors (Lipinski definition) is 4. The monoisotopic (exact) mass is 325 g/mol. The first kappa shape index (κ1) is 17.5. The molecule has 1 unspecified atom stereocenters. The molecule has 0 saturated carbocycles. The van der Waals surface area contributed by atoms with Crippen LogP contribution in [0.5, 0.6) is 0 Å². The molecule has 1 atom stereocenters. The zero-order valence-corrected chi connectivity index (χ0v) is 14.5. The van der Waals surface area contributed by atoms with E-state index in [4.69, 9.17) is 0 Å². The Bertz CT molecular complexity index is 310.